The Morgan fingerprint density at radius 3 is 2.73 bits per heavy atom. The second-order valence-corrected chi connectivity index (χ2v) is 6.79. The Bertz CT molecular complexity index is 737. The molecule has 0 unspecified atom stereocenters. The molecule has 1 aromatic heterocycles. The number of aryl methyl sites for hydroxylation is 1. The largest absolute Gasteiger partial charge is 0.493 e. The first kappa shape index (κ1) is 18.2. The summed E-state index contributed by atoms with van der Waals surface area (Å²) in [5.41, 5.74) is 3.32. The smallest absolute Gasteiger partial charge is 0.223 e. The van der Waals surface area contributed by atoms with Gasteiger partial charge in [0.15, 0.2) is 0 Å². The van der Waals surface area contributed by atoms with Crippen molar-refractivity contribution in [2.75, 3.05) is 24.6 Å². The normalized spacial score (nSPS) is 13.7. The summed E-state index contributed by atoms with van der Waals surface area (Å²) < 4.78 is 5.73. The first-order valence-corrected chi connectivity index (χ1v) is 9.29. The molecule has 1 aliphatic heterocycles. The van der Waals surface area contributed by atoms with Gasteiger partial charge in [-0.05, 0) is 55.5 Å². The van der Waals surface area contributed by atoms with E-state index in [-0.39, 0.29) is 5.91 Å². The topological polar surface area (TPSA) is 54.5 Å². The van der Waals surface area contributed by atoms with Crippen molar-refractivity contribution in [3.8, 4) is 5.75 Å². The lowest BCUT2D eigenvalue weighted by Gasteiger charge is -2.16. The number of hydrogen-bond acceptors (Lipinski definition) is 4. The van der Waals surface area contributed by atoms with Crippen LogP contribution in [0.4, 0.5) is 5.82 Å². The van der Waals surface area contributed by atoms with Crippen molar-refractivity contribution in [3.05, 3.63) is 53.2 Å². The summed E-state index contributed by atoms with van der Waals surface area (Å²) in [5, 5.41) is 2.93. The molecule has 0 spiro atoms. The second-order valence-electron chi connectivity index (χ2n) is 6.79. The summed E-state index contributed by atoms with van der Waals surface area (Å²) >= 11 is 0. The maximum absolute atomic E-state index is 12.0. The quantitative estimate of drug-likeness (QED) is 0.829. The minimum absolute atomic E-state index is 0.0149. The third kappa shape index (κ3) is 4.75. The number of ether oxygens (including phenoxy) is 1. The molecule has 26 heavy (non-hydrogen) atoms. The SMILES string of the molecule is Cc1cccc(OCCC(=O)NCc2ccc(N3CCCC3)nc2)c1C. The van der Waals surface area contributed by atoms with Crippen molar-refractivity contribution in [2.45, 2.75) is 39.7 Å². The number of nitrogens with one attached hydrogen (secondary N) is 1. The molecule has 1 amide bonds. The standard InChI is InChI=1S/C21H27N3O2/c1-16-6-5-7-19(17(16)2)26-13-10-21(25)23-15-18-8-9-20(22-14-18)24-11-3-4-12-24/h5-9,14H,3-4,10-13,15H2,1-2H3,(H,23,25). The van der Waals surface area contributed by atoms with Crippen molar-refractivity contribution in [3.63, 3.8) is 0 Å². The van der Waals surface area contributed by atoms with Gasteiger partial charge in [0, 0.05) is 25.8 Å². The van der Waals surface area contributed by atoms with Crippen LogP contribution < -0.4 is 15.0 Å². The number of anilines is 1. The summed E-state index contributed by atoms with van der Waals surface area (Å²) in [6.07, 6.45) is 4.67. The van der Waals surface area contributed by atoms with Gasteiger partial charge in [-0.3, -0.25) is 4.79 Å². The zero-order valence-electron chi connectivity index (χ0n) is 15.6. The molecule has 138 valence electrons. The van der Waals surface area contributed by atoms with Crippen LogP contribution in [0.2, 0.25) is 0 Å². The van der Waals surface area contributed by atoms with Crippen LogP contribution in [-0.4, -0.2) is 30.6 Å². The maximum Gasteiger partial charge on any atom is 0.223 e. The average Bonchev–Trinajstić information content (AvgIpc) is 3.19. The summed E-state index contributed by atoms with van der Waals surface area (Å²) in [7, 11) is 0. The van der Waals surface area contributed by atoms with Gasteiger partial charge < -0.3 is 15.0 Å². The molecule has 1 aliphatic rings. The summed E-state index contributed by atoms with van der Waals surface area (Å²) in [6.45, 7) is 7.13. The highest BCUT2D eigenvalue weighted by atomic mass is 16.5. The van der Waals surface area contributed by atoms with Crippen LogP contribution in [0.15, 0.2) is 36.5 Å². The molecule has 5 nitrogen and oxygen atoms in total. The molecule has 3 rings (SSSR count). The van der Waals surface area contributed by atoms with Crippen LogP contribution in [0.3, 0.4) is 0 Å². The highest BCUT2D eigenvalue weighted by molar-refractivity contribution is 5.76. The number of amides is 1. The van der Waals surface area contributed by atoms with E-state index in [0.717, 1.165) is 35.8 Å². The van der Waals surface area contributed by atoms with Crippen molar-refractivity contribution >= 4 is 11.7 Å². The second kappa shape index (κ2) is 8.70. The third-order valence-corrected chi connectivity index (χ3v) is 4.87. The molecule has 2 aromatic rings. The lowest BCUT2D eigenvalue weighted by molar-refractivity contribution is -0.121. The number of carbonyl (C=O) groups is 1. The molecule has 5 heteroatoms. The lowest BCUT2D eigenvalue weighted by Crippen LogP contribution is -2.24. The van der Waals surface area contributed by atoms with Gasteiger partial charge in [0.2, 0.25) is 5.91 Å². The Morgan fingerprint density at radius 2 is 2.00 bits per heavy atom. The van der Waals surface area contributed by atoms with Gasteiger partial charge in [0.1, 0.15) is 11.6 Å². The van der Waals surface area contributed by atoms with Crippen LogP contribution in [0.5, 0.6) is 5.75 Å². The van der Waals surface area contributed by atoms with Crippen molar-refractivity contribution < 1.29 is 9.53 Å². The van der Waals surface area contributed by atoms with Crippen molar-refractivity contribution in [1.82, 2.24) is 10.3 Å². The van der Waals surface area contributed by atoms with Crippen LogP contribution in [0, 0.1) is 13.8 Å². The van der Waals surface area contributed by atoms with E-state index in [0.29, 0.717) is 19.6 Å². The molecule has 1 fully saturated rings. The van der Waals surface area contributed by atoms with E-state index >= 15 is 0 Å². The molecule has 2 heterocycles. The third-order valence-electron chi connectivity index (χ3n) is 4.87. The van der Waals surface area contributed by atoms with E-state index in [9.17, 15) is 4.79 Å². The molecule has 1 N–H and O–H groups in total. The molecule has 0 atom stereocenters. The number of carbonyl (C=O) groups excluding carboxylic acids is 1. The minimum atomic E-state index is -0.0149. The Balaban J connectivity index is 1.40. The number of benzene rings is 1. The first-order chi connectivity index (χ1) is 12.6. The monoisotopic (exact) mass is 353 g/mol. The van der Waals surface area contributed by atoms with Crippen LogP contribution >= 0.6 is 0 Å². The predicted molar refractivity (Wildman–Crippen MR) is 104 cm³/mol. The van der Waals surface area contributed by atoms with E-state index in [1.54, 1.807) is 0 Å². The summed E-state index contributed by atoms with van der Waals surface area (Å²) in [5.74, 6) is 1.86. The Hall–Kier alpha value is -2.56. The van der Waals surface area contributed by atoms with Gasteiger partial charge in [-0.2, -0.15) is 0 Å². The fourth-order valence-corrected chi connectivity index (χ4v) is 3.08. The van der Waals surface area contributed by atoms with E-state index in [2.05, 4.69) is 28.2 Å². The zero-order valence-corrected chi connectivity index (χ0v) is 15.6. The Kier molecular flexibility index (Phi) is 6.10. The molecule has 1 aromatic carbocycles. The van der Waals surface area contributed by atoms with Gasteiger partial charge in [-0.25, -0.2) is 4.98 Å². The Morgan fingerprint density at radius 1 is 1.19 bits per heavy atom. The van der Waals surface area contributed by atoms with Crippen LogP contribution in [-0.2, 0) is 11.3 Å². The molecular weight excluding hydrogens is 326 g/mol. The fraction of sp³-hybridized carbons (Fsp3) is 0.429. The van der Waals surface area contributed by atoms with Gasteiger partial charge in [0.25, 0.3) is 0 Å². The van der Waals surface area contributed by atoms with E-state index < -0.39 is 0 Å². The van der Waals surface area contributed by atoms with Gasteiger partial charge >= 0.3 is 0 Å². The van der Waals surface area contributed by atoms with E-state index in [1.807, 2.05) is 37.4 Å². The lowest BCUT2D eigenvalue weighted by atomic mass is 10.1. The van der Waals surface area contributed by atoms with Gasteiger partial charge in [-0.15, -0.1) is 0 Å². The molecule has 0 aliphatic carbocycles. The number of nitrogens with zero attached hydrogens (tertiary/aromatic N) is 2. The average molecular weight is 353 g/mol. The number of rotatable bonds is 7. The van der Waals surface area contributed by atoms with Gasteiger partial charge in [-0.1, -0.05) is 18.2 Å². The molecule has 1 saturated heterocycles. The van der Waals surface area contributed by atoms with Gasteiger partial charge in [0.05, 0.1) is 13.0 Å². The molecule has 0 radical (unpaired) electrons. The summed E-state index contributed by atoms with van der Waals surface area (Å²) in [4.78, 5) is 18.8. The summed E-state index contributed by atoms with van der Waals surface area (Å²) in [6, 6.07) is 10.0. The number of pyridine rings is 1. The van der Waals surface area contributed by atoms with Crippen LogP contribution in [0.1, 0.15) is 36.0 Å². The number of hydrogen-bond donors (Lipinski definition) is 1. The molecule has 0 saturated carbocycles. The first-order valence-electron chi connectivity index (χ1n) is 9.29. The molecular formula is C21H27N3O2. The predicted octanol–water partition coefficient (Wildman–Crippen LogP) is 3.38. The molecule has 0 bridgehead atoms. The fourth-order valence-electron chi connectivity index (χ4n) is 3.08. The number of aromatic nitrogens is 1. The Labute approximate surface area is 155 Å². The van der Waals surface area contributed by atoms with Crippen molar-refractivity contribution in [1.29, 1.82) is 0 Å². The van der Waals surface area contributed by atoms with Crippen molar-refractivity contribution in [2.24, 2.45) is 0 Å². The zero-order chi connectivity index (χ0) is 18.4. The highest BCUT2D eigenvalue weighted by Crippen LogP contribution is 2.20. The maximum atomic E-state index is 12.0. The van der Waals surface area contributed by atoms with E-state index in [4.69, 9.17) is 4.74 Å². The van der Waals surface area contributed by atoms with Crippen LogP contribution in [0.25, 0.3) is 0 Å². The highest BCUT2D eigenvalue weighted by Gasteiger charge is 2.13. The minimum Gasteiger partial charge on any atom is -0.493 e. The van der Waals surface area contributed by atoms with E-state index in [1.165, 1.54) is 18.4 Å².